The molecule has 160 valence electrons. The Morgan fingerprint density at radius 3 is 2.23 bits per heavy atom. The molecule has 31 heavy (non-hydrogen) atoms. The highest BCUT2D eigenvalue weighted by atomic mass is 16.5. The standard InChI is InChI=1S/C25H27N3O3/c1-3-17-28(18-19-9-5-4-6-10-19)25(30)26-21-15-13-20(14-16-21)24(29)27-22-11-7-8-12-23(22)31-2/h4-16H,3,17-18H2,1-2H3,(H,26,30)(H,27,29). The predicted octanol–water partition coefficient (Wildman–Crippen LogP) is 5.39. The van der Waals surface area contributed by atoms with E-state index < -0.39 is 0 Å². The van der Waals surface area contributed by atoms with Crippen molar-refractivity contribution >= 4 is 23.3 Å². The van der Waals surface area contributed by atoms with E-state index in [1.54, 1.807) is 48.4 Å². The van der Waals surface area contributed by atoms with Gasteiger partial charge in [0.25, 0.3) is 5.91 Å². The summed E-state index contributed by atoms with van der Waals surface area (Å²) >= 11 is 0. The van der Waals surface area contributed by atoms with Crippen molar-refractivity contribution in [2.75, 3.05) is 24.3 Å². The number of anilines is 2. The summed E-state index contributed by atoms with van der Waals surface area (Å²) < 4.78 is 5.26. The number of methoxy groups -OCH3 is 1. The van der Waals surface area contributed by atoms with Crippen LogP contribution in [0.2, 0.25) is 0 Å². The molecule has 0 unspecified atom stereocenters. The number of rotatable bonds is 8. The van der Waals surface area contributed by atoms with Crippen molar-refractivity contribution in [3.63, 3.8) is 0 Å². The number of para-hydroxylation sites is 2. The van der Waals surface area contributed by atoms with E-state index in [1.807, 2.05) is 49.4 Å². The van der Waals surface area contributed by atoms with Gasteiger partial charge in [0.1, 0.15) is 5.75 Å². The van der Waals surface area contributed by atoms with Crippen LogP contribution in [0.4, 0.5) is 16.2 Å². The molecule has 0 bridgehead atoms. The Labute approximate surface area is 182 Å². The number of amides is 3. The fraction of sp³-hybridized carbons (Fsp3) is 0.200. The number of carbonyl (C=O) groups excluding carboxylic acids is 2. The Hall–Kier alpha value is -3.80. The zero-order valence-electron chi connectivity index (χ0n) is 17.8. The molecule has 3 rings (SSSR count). The largest absolute Gasteiger partial charge is 0.495 e. The van der Waals surface area contributed by atoms with Crippen molar-refractivity contribution in [3.05, 3.63) is 90.0 Å². The zero-order valence-corrected chi connectivity index (χ0v) is 17.8. The quantitative estimate of drug-likeness (QED) is 0.516. The van der Waals surface area contributed by atoms with E-state index in [9.17, 15) is 9.59 Å². The number of hydrogen-bond donors (Lipinski definition) is 2. The topological polar surface area (TPSA) is 70.7 Å². The number of urea groups is 1. The highest BCUT2D eigenvalue weighted by Crippen LogP contribution is 2.24. The molecular formula is C25H27N3O3. The third-order valence-electron chi connectivity index (χ3n) is 4.75. The van der Waals surface area contributed by atoms with Gasteiger partial charge in [0.05, 0.1) is 12.8 Å². The molecule has 0 saturated carbocycles. The first kappa shape index (κ1) is 21.9. The monoisotopic (exact) mass is 417 g/mol. The van der Waals surface area contributed by atoms with Gasteiger partial charge >= 0.3 is 6.03 Å². The summed E-state index contributed by atoms with van der Waals surface area (Å²) in [5.74, 6) is 0.341. The number of hydrogen-bond acceptors (Lipinski definition) is 3. The average molecular weight is 418 g/mol. The van der Waals surface area contributed by atoms with Crippen molar-refractivity contribution in [2.45, 2.75) is 19.9 Å². The number of ether oxygens (including phenoxy) is 1. The summed E-state index contributed by atoms with van der Waals surface area (Å²) in [4.78, 5) is 27.1. The number of benzene rings is 3. The van der Waals surface area contributed by atoms with Gasteiger partial charge in [-0.15, -0.1) is 0 Å². The Morgan fingerprint density at radius 1 is 0.871 bits per heavy atom. The van der Waals surface area contributed by atoms with Gasteiger partial charge in [0.2, 0.25) is 0 Å². The lowest BCUT2D eigenvalue weighted by molar-refractivity contribution is 0.102. The van der Waals surface area contributed by atoms with Crippen molar-refractivity contribution in [3.8, 4) is 5.75 Å². The molecule has 6 nitrogen and oxygen atoms in total. The third kappa shape index (κ3) is 6.09. The molecule has 0 fully saturated rings. The molecule has 3 aromatic carbocycles. The molecule has 0 spiro atoms. The van der Waals surface area contributed by atoms with Crippen LogP contribution in [0.1, 0.15) is 29.3 Å². The van der Waals surface area contributed by atoms with Gasteiger partial charge in [-0.2, -0.15) is 0 Å². The molecule has 3 aromatic rings. The number of carbonyl (C=O) groups is 2. The van der Waals surface area contributed by atoms with E-state index in [0.717, 1.165) is 12.0 Å². The van der Waals surface area contributed by atoms with Crippen molar-refractivity contribution in [2.24, 2.45) is 0 Å². The summed E-state index contributed by atoms with van der Waals surface area (Å²) in [6, 6.07) is 23.8. The molecule has 0 aliphatic heterocycles. The van der Waals surface area contributed by atoms with Crippen LogP contribution >= 0.6 is 0 Å². The lowest BCUT2D eigenvalue weighted by Crippen LogP contribution is -2.35. The Balaban J connectivity index is 1.63. The van der Waals surface area contributed by atoms with E-state index in [1.165, 1.54) is 0 Å². The fourth-order valence-electron chi connectivity index (χ4n) is 3.18. The molecular weight excluding hydrogens is 390 g/mol. The highest BCUT2D eigenvalue weighted by Gasteiger charge is 2.14. The fourth-order valence-corrected chi connectivity index (χ4v) is 3.18. The smallest absolute Gasteiger partial charge is 0.322 e. The normalized spacial score (nSPS) is 10.3. The minimum absolute atomic E-state index is 0.170. The van der Waals surface area contributed by atoms with Gasteiger partial charge in [0, 0.05) is 24.3 Å². The summed E-state index contributed by atoms with van der Waals surface area (Å²) in [6.07, 6.45) is 0.863. The minimum Gasteiger partial charge on any atom is -0.495 e. The molecule has 2 N–H and O–H groups in total. The second-order valence-corrected chi connectivity index (χ2v) is 7.07. The van der Waals surface area contributed by atoms with Crippen molar-refractivity contribution in [1.29, 1.82) is 0 Å². The van der Waals surface area contributed by atoms with E-state index in [2.05, 4.69) is 10.6 Å². The molecule has 0 aromatic heterocycles. The molecule has 0 radical (unpaired) electrons. The third-order valence-corrected chi connectivity index (χ3v) is 4.75. The van der Waals surface area contributed by atoms with Crippen LogP contribution in [0.15, 0.2) is 78.9 Å². The van der Waals surface area contributed by atoms with Crippen LogP contribution in [0, 0.1) is 0 Å². The van der Waals surface area contributed by atoms with Crippen LogP contribution in [0.3, 0.4) is 0 Å². The molecule has 0 atom stereocenters. The second-order valence-electron chi connectivity index (χ2n) is 7.07. The van der Waals surface area contributed by atoms with E-state index in [0.29, 0.717) is 35.8 Å². The lowest BCUT2D eigenvalue weighted by Gasteiger charge is -2.22. The van der Waals surface area contributed by atoms with Crippen LogP contribution in [-0.4, -0.2) is 30.5 Å². The summed E-state index contributed by atoms with van der Waals surface area (Å²) in [5.41, 5.74) is 2.80. The van der Waals surface area contributed by atoms with Gasteiger partial charge in [-0.05, 0) is 48.4 Å². The molecule has 0 aliphatic rings. The molecule has 3 amide bonds. The summed E-state index contributed by atoms with van der Waals surface area (Å²) in [5, 5.41) is 5.76. The first-order valence-corrected chi connectivity index (χ1v) is 10.2. The van der Waals surface area contributed by atoms with Crippen molar-refractivity contribution in [1.82, 2.24) is 4.90 Å². The van der Waals surface area contributed by atoms with E-state index in [4.69, 9.17) is 4.74 Å². The lowest BCUT2D eigenvalue weighted by atomic mass is 10.2. The van der Waals surface area contributed by atoms with Gasteiger partial charge in [-0.1, -0.05) is 49.4 Å². The highest BCUT2D eigenvalue weighted by molar-refractivity contribution is 6.05. The maximum Gasteiger partial charge on any atom is 0.322 e. The van der Waals surface area contributed by atoms with Gasteiger partial charge in [-0.25, -0.2) is 4.79 Å². The zero-order chi connectivity index (χ0) is 22.1. The number of nitrogens with zero attached hydrogens (tertiary/aromatic N) is 1. The second kappa shape index (κ2) is 10.8. The first-order chi connectivity index (χ1) is 15.1. The SMILES string of the molecule is CCCN(Cc1ccccc1)C(=O)Nc1ccc(C(=O)Nc2ccccc2OC)cc1. The maximum atomic E-state index is 12.8. The molecule has 6 heteroatoms. The first-order valence-electron chi connectivity index (χ1n) is 10.2. The molecule has 0 heterocycles. The van der Waals surface area contributed by atoms with Crippen LogP contribution in [0.25, 0.3) is 0 Å². The minimum atomic E-state index is -0.251. The van der Waals surface area contributed by atoms with Crippen LogP contribution in [-0.2, 0) is 6.54 Å². The van der Waals surface area contributed by atoms with E-state index in [-0.39, 0.29) is 11.9 Å². The van der Waals surface area contributed by atoms with Crippen LogP contribution < -0.4 is 15.4 Å². The van der Waals surface area contributed by atoms with Gasteiger partial charge in [-0.3, -0.25) is 4.79 Å². The predicted molar refractivity (Wildman–Crippen MR) is 124 cm³/mol. The molecule has 0 saturated heterocycles. The summed E-state index contributed by atoms with van der Waals surface area (Å²) in [7, 11) is 1.56. The van der Waals surface area contributed by atoms with Gasteiger partial charge < -0.3 is 20.3 Å². The van der Waals surface area contributed by atoms with Crippen molar-refractivity contribution < 1.29 is 14.3 Å². The maximum absolute atomic E-state index is 12.8. The van der Waals surface area contributed by atoms with Gasteiger partial charge in [0.15, 0.2) is 0 Å². The Morgan fingerprint density at radius 2 is 1.55 bits per heavy atom. The number of nitrogens with one attached hydrogen (secondary N) is 2. The average Bonchev–Trinajstić information content (AvgIpc) is 2.80. The molecule has 0 aliphatic carbocycles. The Kier molecular flexibility index (Phi) is 7.65. The summed E-state index contributed by atoms with van der Waals surface area (Å²) in [6.45, 7) is 3.24. The Bertz CT molecular complexity index is 1000. The van der Waals surface area contributed by atoms with E-state index >= 15 is 0 Å². The van der Waals surface area contributed by atoms with Crippen LogP contribution in [0.5, 0.6) is 5.75 Å².